The van der Waals surface area contributed by atoms with Gasteiger partial charge in [0, 0.05) is 28.4 Å². The summed E-state index contributed by atoms with van der Waals surface area (Å²) in [6.45, 7) is 4.02. The highest BCUT2D eigenvalue weighted by Gasteiger charge is 2.21. The largest absolute Gasteiger partial charge is 0.367 e. The zero-order chi connectivity index (χ0) is 22.1. The van der Waals surface area contributed by atoms with Gasteiger partial charge in [-0.1, -0.05) is 11.6 Å². The third-order valence-corrected chi connectivity index (χ3v) is 5.98. The average Bonchev–Trinajstić information content (AvgIpc) is 2.91. The van der Waals surface area contributed by atoms with E-state index in [-0.39, 0.29) is 12.3 Å². The lowest BCUT2D eigenvalue weighted by Gasteiger charge is -2.24. The van der Waals surface area contributed by atoms with Crippen molar-refractivity contribution in [3.8, 4) is 11.3 Å². The van der Waals surface area contributed by atoms with E-state index in [1.165, 1.54) is 0 Å². The molecule has 0 atom stereocenters. The second-order valence-electron chi connectivity index (χ2n) is 8.11. The number of rotatable bonds is 4. The van der Waals surface area contributed by atoms with Gasteiger partial charge in [-0.3, -0.25) is 4.79 Å². The van der Waals surface area contributed by atoms with E-state index in [1.807, 2.05) is 25.1 Å². The third-order valence-electron chi connectivity index (χ3n) is 5.75. The SMILES string of the molecule is Cc1nc(NC2CCNCC2)ccc1Nc1ncc2c(n1)-c1ccc(Cl)cc1NC(=O)C2. The molecule has 9 heteroatoms. The highest BCUT2D eigenvalue weighted by molar-refractivity contribution is 6.31. The smallest absolute Gasteiger partial charge is 0.228 e. The third kappa shape index (κ3) is 4.37. The van der Waals surface area contributed by atoms with Gasteiger partial charge in [0.15, 0.2) is 0 Å². The lowest BCUT2D eigenvalue weighted by Crippen LogP contribution is -2.35. The fourth-order valence-electron chi connectivity index (χ4n) is 4.09. The van der Waals surface area contributed by atoms with Gasteiger partial charge in [-0.05, 0) is 63.2 Å². The van der Waals surface area contributed by atoms with Crippen LogP contribution in [-0.2, 0) is 11.2 Å². The molecule has 32 heavy (non-hydrogen) atoms. The molecule has 0 unspecified atom stereocenters. The molecule has 1 aromatic carbocycles. The second-order valence-corrected chi connectivity index (χ2v) is 8.54. The van der Waals surface area contributed by atoms with Crippen LogP contribution >= 0.6 is 11.6 Å². The van der Waals surface area contributed by atoms with Gasteiger partial charge >= 0.3 is 0 Å². The lowest BCUT2D eigenvalue weighted by atomic mass is 10.1. The maximum Gasteiger partial charge on any atom is 0.228 e. The van der Waals surface area contributed by atoms with Crippen LogP contribution in [-0.4, -0.2) is 40.0 Å². The summed E-state index contributed by atoms with van der Waals surface area (Å²) in [6.07, 6.45) is 4.09. The predicted octanol–water partition coefficient (Wildman–Crippen LogP) is 3.90. The number of nitrogens with one attached hydrogen (secondary N) is 4. The highest BCUT2D eigenvalue weighted by Crippen LogP contribution is 2.35. The van der Waals surface area contributed by atoms with Crippen molar-refractivity contribution in [3.63, 3.8) is 0 Å². The fourth-order valence-corrected chi connectivity index (χ4v) is 4.26. The number of pyridine rings is 1. The molecule has 0 spiro atoms. The lowest BCUT2D eigenvalue weighted by molar-refractivity contribution is -0.115. The number of aromatic nitrogens is 3. The molecule has 0 radical (unpaired) electrons. The second kappa shape index (κ2) is 8.72. The van der Waals surface area contributed by atoms with Crippen LogP contribution in [0.5, 0.6) is 0 Å². The Morgan fingerprint density at radius 2 is 1.97 bits per heavy atom. The Bertz CT molecular complexity index is 1180. The van der Waals surface area contributed by atoms with Crippen molar-refractivity contribution in [3.05, 3.63) is 52.8 Å². The van der Waals surface area contributed by atoms with Gasteiger partial charge in [-0.25, -0.2) is 15.0 Å². The minimum absolute atomic E-state index is 0.117. The van der Waals surface area contributed by atoms with Gasteiger partial charge in [0.25, 0.3) is 0 Å². The number of hydrogen-bond acceptors (Lipinski definition) is 7. The molecule has 0 aliphatic carbocycles. The molecule has 0 saturated carbocycles. The van der Waals surface area contributed by atoms with Crippen molar-refractivity contribution in [2.45, 2.75) is 32.2 Å². The van der Waals surface area contributed by atoms with Gasteiger partial charge < -0.3 is 21.3 Å². The summed E-state index contributed by atoms with van der Waals surface area (Å²) in [5.41, 5.74) is 4.63. The van der Waals surface area contributed by atoms with E-state index in [0.29, 0.717) is 28.4 Å². The van der Waals surface area contributed by atoms with Crippen LogP contribution in [0.1, 0.15) is 24.1 Å². The molecular formula is C23H24ClN7O. The van der Waals surface area contributed by atoms with E-state index in [4.69, 9.17) is 21.6 Å². The minimum Gasteiger partial charge on any atom is -0.367 e. The fraction of sp³-hybridized carbons (Fsp3) is 0.304. The van der Waals surface area contributed by atoms with Crippen LogP contribution in [0, 0.1) is 6.92 Å². The molecule has 2 aromatic heterocycles. The van der Waals surface area contributed by atoms with E-state index in [2.05, 4.69) is 26.3 Å². The molecule has 4 heterocycles. The summed E-state index contributed by atoms with van der Waals surface area (Å²) >= 11 is 6.12. The molecule has 2 aliphatic heterocycles. The minimum atomic E-state index is -0.117. The Morgan fingerprint density at radius 3 is 2.78 bits per heavy atom. The predicted molar refractivity (Wildman–Crippen MR) is 127 cm³/mol. The van der Waals surface area contributed by atoms with Gasteiger partial charge in [0.1, 0.15) is 5.82 Å². The Morgan fingerprint density at radius 1 is 1.12 bits per heavy atom. The summed E-state index contributed by atoms with van der Waals surface area (Å²) in [4.78, 5) is 26.1. The van der Waals surface area contributed by atoms with Crippen LogP contribution in [0.4, 0.5) is 23.1 Å². The number of fused-ring (bicyclic) bond motifs is 3. The van der Waals surface area contributed by atoms with E-state index >= 15 is 0 Å². The maximum absolute atomic E-state index is 12.3. The summed E-state index contributed by atoms with van der Waals surface area (Å²) < 4.78 is 0. The standard InChI is InChI=1S/C23H24ClN7O/c1-13-18(4-5-20(27-13)28-16-6-8-25-9-7-16)30-23-26-12-14-10-21(32)29-19-11-15(24)2-3-17(19)22(14)31-23/h2-5,11-12,16,25H,6-10H2,1H3,(H,27,28)(H,29,32)(H,26,30,31). The van der Waals surface area contributed by atoms with Crippen LogP contribution in [0.2, 0.25) is 5.02 Å². The molecule has 164 valence electrons. The van der Waals surface area contributed by atoms with Crippen molar-refractivity contribution in [1.29, 1.82) is 0 Å². The van der Waals surface area contributed by atoms with Crippen molar-refractivity contribution < 1.29 is 4.79 Å². The monoisotopic (exact) mass is 449 g/mol. The van der Waals surface area contributed by atoms with Crippen LogP contribution in [0.15, 0.2) is 36.5 Å². The van der Waals surface area contributed by atoms with Gasteiger partial charge in [0.05, 0.1) is 29.2 Å². The quantitative estimate of drug-likeness (QED) is 0.478. The zero-order valence-corrected chi connectivity index (χ0v) is 18.5. The Labute approximate surface area is 191 Å². The van der Waals surface area contributed by atoms with Crippen LogP contribution in [0.3, 0.4) is 0 Å². The number of amides is 1. The summed E-state index contributed by atoms with van der Waals surface area (Å²) in [7, 11) is 0. The molecule has 4 N–H and O–H groups in total. The first-order valence-corrected chi connectivity index (χ1v) is 11.1. The first-order valence-electron chi connectivity index (χ1n) is 10.7. The van der Waals surface area contributed by atoms with Gasteiger partial charge in [-0.15, -0.1) is 0 Å². The molecule has 1 amide bonds. The molecule has 8 nitrogen and oxygen atoms in total. The number of halogens is 1. The van der Waals surface area contributed by atoms with Gasteiger partial charge in [0.2, 0.25) is 11.9 Å². The van der Waals surface area contributed by atoms with Gasteiger partial charge in [-0.2, -0.15) is 0 Å². The zero-order valence-electron chi connectivity index (χ0n) is 17.7. The normalized spacial score (nSPS) is 15.9. The number of carbonyl (C=O) groups is 1. The summed E-state index contributed by atoms with van der Waals surface area (Å²) in [6, 6.07) is 9.80. The molecule has 1 saturated heterocycles. The Balaban J connectivity index is 1.40. The number of benzene rings is 1. The van der Waals surface area contributed by atoms with Crippen molar-refractivity contribution >= 4 is 40.6 Å². The first kappa shape index (κ1) is 20.7. The number of nitrogens with zero attached hydrogens (tertiary/aromatic N) is 3. The molecular weight excluding hydrogens is 426 g/mol. The molecule has 5 rings (SSSR count). The van der Waals surface area contributed by atoms with E-state index < -0.39 is 0 Å². The number of anilines is 4. The van der Waals surface area contributed by atoms with Crippen LogP contribution < -0.4 is 21.3 Å². The topological polar surface area (TPSA) is 104 Å². The maximum atomic E-state index is 12.3. The first-order chi connectivity index (χ1) is 15.5. The summed E-state index contributed by atoms with van der Waals surface area (Å²) in [5.74, 6) is 1.20. The molecule has 1 fully saturated rings. The number of piperidine rings is 1. The molecule has 2 aliphatic rings. The van der Waals surface area contributed by atoms with Crippen molar-refractivity contribution in [2.24, 2.45) is 0 Å². The molecule has 0 bridgehead atoms. The highest BCUT2D eigenvalue weighted by atomic mass is 35.5. The summed E-state index contributed by atoms with van der Waals surface area (Å²) in [5, 5.41) is 13.6. The number of hydrogen-bond donors (Lipinski definition) is 4. The van der Waals surface area contributed by atoms with E-state index in [1.54, 1.807) is 18.3 Å². The number of carbonyl (C=O) groups excluding carboxylic acids is 1. The van der Waals surface area contributed by atoms with E-state index in [0.717, 1.165) is 54.3 Å². The molecule has 3 aromatic rings. The van der Waals surface area contributed by atoms with Crippen LogP contribution in [0.25, 0.3) is 11.3 Å². The number of aryl methyl sites for hydroxylation is 1. The Hall–Kier alpha value is -3.23. The Kier molecular flexibility index (Phi) is 5.63. The van der Waals surface area contributed by atoms with E-state index in [9.17, 15) is 4.79 Å². The van der Waals surface area contributed by atoms with Crippen molar-refractivity contribution in [2.75, 3.05) is 29.0 Å². The average molecular weight is 450 g/mol. The van der Waals surface area contributed by atoms with Crippen molar-refractivity contribution in [1.82, 2.24) is 20.3 Å².